The highest BCUT2D eigenvalue weighted by Crippen LogP contribution is 2.41. The molecule has 20 heteroatoms. The van der Waals surface area contributed by atoms with Crippen molar-refractivity contribution in [3.63, 3.8) is 0 Å². The van der Waals surface area contributed by atoms with Crippen LogP contribution in [-0.4, -0.2) is 129 Å². The van der Waals surface area contributed by atoms with Crippen LogP contribution < -0.4 is 26.6 Å². The molecule has 2 bridgehead atoms. The largest absolute Gasteiger partial charge is 0.453 e. The number of hydrogen-bond acceptors (Lipinski definition) is 11. The summed E-state index contributed by atoms with van der Waals surface area (Å²) in [5.74, 6) is 3.73. The zero-order valence-electron chi connectivity index (χ0n) is 36.6. The van der Waals surface area contributed by atoms with Gasteiger partial charge in [0.05, 0.1) is 50.5 Å². The van der Waals surface area contributed by atoms with Gasteiger partial charge >= 0.3 is 12.3 Å². The van der Waals surface area contributed by atoms with Crippen LogP contribution in [0.4, 0.5) is 41.3 Å². The van der Waals surface area contributed by atoms with Crippen molar-refractivity contribution in [1.82, 2.24) is 25.8 Å². The number of piperazine rings is 1. The molecule has 0 aliphatic carbocycles. The summed E-state index contributed by atoms with van der Waals surface area (Å²) < 4.78 is 107. The number of pyridine rings is 1. The fourth-order valence-electron chi connectivity index (χ4n) is 8.14. The average molecular weight is 931 g/mol. The molecule has 0 spiro atoms. The number of nitrogens with two attached hydrogens (primary N) is 1. The topological polar surface area (TPSA) is 167 Å². The highest BCUT2D eigenvalue weighted by atomic mass is 19.4. The molecular weight excluding hydrogens is 878 g/mol. The molecule has 66 heavy (non-hydrogen) atoms. The van der Waals surface area contributed by atoms with Crippen molar-refractivity contribution in [2.45, 2.75) is 88.6 Å². The number of aliphatic hydroxyl groups excluding tert-OH is 1. The van der Waals surface area contributed by atoms with Gasteiger partial charge in [0.25, 0.3) is 6.43 Å². The van der Waals surface area contributed by atoms with Gasteiger partial charge in [0, 0.05) is 78.6 Å². The normalized spacial score (nSPS) is 19.5. The number of methoxy groups -OCH3 is 1. The van der Waals surface area contributed by atoms with Gasteiger partial charge in [-0.3, -0.25) is 14.7 Å². The van der Waals surface area contributed by atoms with Gasteiger partial charge < -0.3 is 41.2 Å². The van der Waals surface area contributed by atoms with Gasteiger partial charge in [-0.2, -0.15) is 13.2 Å². The highest BCUT2D eigenvalue weighted by Gasteiger charge is 2.56. The van der Waals surface area contributed by atoms with E-state index in [0.29, 0.717) is 34.8 Å². The summed E-state index contributed by atoms with van der Waals surface area (Å²) in [5, 5.41) is 18.5. The monoisotopic (exact) mass is 930 g/mol. The van der Waals surface area contributed by atoms with Crippen molar-refractivity contribution in [2.24, 2.45) is 16.1 Å². The van der Waals surface area contributed by atoms with E-state index in [1.807, 2.05) is 17.4 Å². The maximum Gasteiger partial charge on any atom is 0.407 e. The maximum atomic E-state index is 15.1. The third-order valence-corrected chi connectivity index (χ3v) is 12.1. The summed E-state index contributed by atoms with van der Waals surface area (Å²) in [6, 6.07) is 10.4. The quantitative estimate of drug-likeness (QED) is 0.0712. The van der Waals surface area contributed by atoms with Crippen LogP contribution in [0.5, 0.6) is 0 Å². The molecule has 2 aromatic carbocycles. The van der Waals surface area contributed by atoms with Crippen LogP contribution in [0.25, 0.3) is 5.70 Å². The van der Waals surface area contributed by atoms with Gasteiger partial charge in [-0.05, 0) is 81.1 Å². The Morgan fingerprint density at radius 2 is 1.64 bits per heavy atom. The zero-order chi connectivity index (χ0) is 47.8. The average Bonchev–Trinajstić information content (AvgIpc) is 3.48. The molecular formula is C46H53F7N8O5. The first-order chi connectivity index (χ1) is 31.3. The number of amides is 2. The van der Waals surface area contributed by atoms with Crippen LogP contribution >= 0.6 is 0 Å². The first-order valence-corrected chi connectivity index (χ1v) is 21.3. The summed E-state index contributed by atoms with van der Waals surface area (Å²) in [7, 11) is 0.919. The summed E-state index contributed by atoms with van der Waals surface area (Å²) >= 11 is 0. The second-order valence-corrected chi connectivity index (χ2v) is 17.0. The minimum atomic E-state index is -4.98. The Hall–Kier alpha value is -5.75. The fourth-order valence-corrected chi connectivity index (χ4v) is 8.14. The van der Waals surface area contributed by atoms with Crippen LogP contribution in [0.15, 0.2) is 65.8 Å². The second kappa shape index (κ2) is 21.7. The number of halogens is 7. The number of carbonyl (C=O) groups is 2. The Balaban J connectivity index is 1.13. The molecule has 2 amide bonds. The number of alkyl carbamates (subject to hydrolysis) is 1. The summed E-state index contributed by atoms with van der Waals surface area (Å²) in [5.41, 5.74) is 4.16. The number of nitrogens with one attached hydrogen (secondary N) is 3. The molecule has 13 nitrogen and oxygen atoms in total. The van der Waals surface area contributed by atoms with Crippen LogP contribution in [-0.2, 0) is 27.2 Å². The minimum absolute atomic E-state index is 0.0911. The van der Waals surface area contributed by atoms with Gasteiger partial charge in [-0.25, -0.2) is 27.3 Å². The first-order valence-electron chi connectivity index (χ1n) is 21.3. The number of nitrogens with zero attached hydrogens (tertiary/aromatic N) is 4. The smallest absolute Gasteiger partial charge is 0.407 e. The Kier molecular flexibility index (Phi) is 16.3. The molecule has 3 aliphatic rings. The number of anilines is 1. The van der Waals surface area contributed by atoms with Crippen molar-refractivity contribution < 1.29 is 54.9 Å². The number of carbonyl (C=O) groups excluding carboxylic acids is 2. The number of aliphatic imine (C=N–C) groups is 1. The molecule has 5 atom stereocenters. The number of alkyl halides is 5. The van der Waals surface area contributed by atoms with E-state index in [1.165, 1.54) is 0 Å². The Labute approximate surface area is 378 Å². The summed E-state index contributed by atoms with van der Waals surface area (Å²) in [6.45, 7) is 3.17. The van der Waals surface area contributed by atoms with E-state index in [1.54, 1.807) is 30.5 Å². The van der Waals surface area contributed by atoms with Crippen LogP contribution in [0, 0.1) is 28.9 Å². The van der Waals surface area contributed by atoms with E-state index >= 15 is 8.78 Å². The third-order valence-electron chi connectivity index (χ3n) is 12.1. The van der Waals surface area contributed by atoms with Gasteiger partial charge in [0.2, 0.25) is 5.91 Å². The highest BCUT2D eigenvalue weighted by molar-refractivity contribution is 5.87. The molecule has 3 saturated heterocycles. The van der Waals surface area contributed by atoms with E-state index in [4.69, 9.17) is 15.5 Å². The first kappa shape index (κ1) is 49.7. The summed E-state index contributed by atoms with van der Waals surface area (Å²) in [6.07, 6.45) is -4.53. The SMILES string of the molecule is COC(=O)NC(C(=O)N[C@@H](Cc1ccc(C#Cc2ccc(N3CC4CCC(C3)N4C3COC3)nc2)cc1)[C@@H](O)CNCc1c(F)cc(C(N)=CC=NCC(F)F)cc1F)C(C)(C)C(F)(F)F. The van der Waals surface area contributed by atoms with Crippen molar-refractivity contribution in [3.8, 4) is 11.8 Å². The van der Waals surface area contributed by atoms with Gasteiger partial charge in [-0.1, -0.05) is 24.0 Å². The summed E-state index contributed by atoms with van der Waals surface area (Å²) in [4.78, 5) is 38.9. The van der Waals surface area contributed by atoms with Crippen molar-refractivity contribution in [1.29, 1.82) is 0 Å². The number of benzene rings is 2. The molecule has 4 heterocycles. The number of aliphatic hydroxyl groups is 1. The van der Waals surface area contributed by atoms with Crippen LogP contribution in [0.3, 0.4) is 0 Å². The number of fused-ring (bicyclic) bond motifs is 2. The molecule has 0 saturated carbocycles. The van der Waals surface area contributed by atoms with E-state index in [2.05, 4.69) is 42.0 Å². The lowest BCUT2D eigenvalue weighted by Crippen LogP contribution is -2.62. The van der Waals surface area contributed by atoms with Gasteiger partial charge in [0.1, 0.15) is 23.5 Å². The van der Waals surface area contributed by atoms with Crippen LogP contribution in [0.2, 0.25) is 0 Å². The molecule has 3 aliphatic heterocycles. The predicted octanol–water partition coefficient (Wildman–Crippen LogP) is 4.94. The Morgan fingerprint density at radius 1 is 1.00 bits per heavy atom. The molecule has 3 fully saturated rings. The molecule has 356 valence electrons. The van der Waals surface area contributed by atoms with E-state index in [-0.39, 0.29) is 17.7 Å². The molecule has 6 rings (SSSR count). The number of rotatable bonds is 17. The Morgan fingerprint density at radius 3 is 2.20 bits per heavy atom. The fraction of sp³-hybridized carbons (Fsp3) is 0.478. The zero-order valence-corrected chi connectivity index (χ0v) is 36.6. The number of allylic oxidation sites excluding steroid dienone is 1. The maximum absolute atomic E-state index is 15.1. The molecule has 3 aromatic rings. The van der Waals surface area contributed by atoms with Crippen molar-refractivity contribution >= 4 is 29.7 Å². The predicted molar refractivity (Wildman–Crippen MR) is 233 cm³/mol. The number of hydrogen-bond donors (Lipinski definition) is 5. The Bertz CT molecular complexity index is 2240. The van der Waals surface area contributed by atoms with Crippen molar-refractivity contribution in [3.05, 3.63) is 100 Å². The van der Waals surface area contributed by atoms with E-state index in [9.17, 15) is 36.6 Å². The lowest BCUT2D eigenvalue weighted by molar-refractivity contribution is -0.220. The molecule has 6 N–H and O–H groups in total. The van der Waals surface area contributed by atoms with Crippen molar-refractivity contribution in [2.75, 3.05) is 51.4 Å². The molecule has 3 unspecified atom stereocenters. The lowest BCUT2D eigenvalue weighted by Gasteiger charge is -2.47. The second-order valence-electron chi connectivity index (χ2n) is 17.0. The van der Waals surface area contributed by atoms with E-state index in [0.717, 1.165) is 90.3 Å². The van der Waals surface area contributed by atoms with E-state index < -0.39 is 85.0 Å². The molecule has 1 aromatic heterocycles. The third kappa shape index (κ3) is 12.4. The van der Waals surface area contributed by atoms with Gasteiger partial charge in [0.15, 0.2) is 0 Å². The number of ether oxygens (including phenoxy) is 2. The standard InChI is InChI=1S/C46H53F7N8O5/c1-45(2,46(51,52)53)42(59-44(64)65-3)43(63)58-38(39(62)21-56-20-34-35(47)17-30(18-36(34)48)37(54)14-15-55-22-40(49)50)16-28-7-4-27(5-8-28)6-9-29-10-13-41(57-19-29)60-23-31-11-12-32(24-60)61(31)33-25-66-26-33/h4-5,7-8,10,13-15,17-19,31-33,38-40,42,56,62H,11-12,16,20-26,54H2,1-3H3,(H,58,63)(H,59,64)/t31?,32?,38-,39-,42?/m0/s1. The van der Waals surface area contributed by atoms with Crippen LogP contribution in [0.1, 0.15) is 54.5 Å². The number of aromatic nitrogens is 1. The lowest BCUT2D eigenvalue weighted by atomic mass is 9.82. The molecule has 0 radical (unpaired) electrons. The van der Waals surface area contributed by atoms with Gasteiger partial charge in [-0.15, -0.1) is 0 Å². The minimum Gasteiger partial charge on any atom is -0.453 e.